The minimum Gasteiger partial charge on any atom is -0.385 e. The molecule has 3 aromatic carbocycles. The van der Waals surface area contributed by atoms with Gasteiger partial charge in [0.2, 0.25) is 0 Å². The second-order valence-electron chi connectivity index (χ2n) is 7.31. The summed E-state index contributed by atoms with van der Waals surface area (Å²) in [4.78, 5) is 2.46. The van der Waals surface area contributed by atoms with Crippen LogP contribution in [0.5, 0.6) is 0 Å². The van der Waals surface area contributed by atoms with Crippen LogP contribution in [0.3, 0.4) is 0 Å². The van der Waals surface area contributed by atoms with Gasteiger partial charge in [-0.2, -0.15) is 0 Å². The lowest BCUT2D eigenvalue weighted by Crippen LogP contribution is -2.25. The van der Waals surface area contributed by atoms with Gasteiger partial charge in [0.15, 0.2) is 0 Å². The van der Waals surface area contributed by atoms with Crippen molar-refractivity contribution in [1.29, 1.82) is 0 Å². The lowest BCUT2D eigenvalue weighted by atomic mass is 9.95. The van der Waals surface area contributed by atoms with E-state index in [2.05, 4.69) is 119 Å². The summed E-state index contributed by atoms with van der Waals surface area (Å²) in [5.41, 5.74) is 5.95. The molecule has 0 spiro atoms. The maximum atomic E-state index is 3.88. The molecule has 0 aliphatic heterocycles. The normalized spacial score (nSPS) is 12.0. The summed E-state index contributed by atoms with van der Waals surface area (Å²) >= 11 is 3.88. The van der Waals surface area contributed by atoms with Crippen molar-refractivity contribution in [2.24, 2.45) is 0 Å². The highest BCUT2D eigenvalue weighted by atomic mass is 79.9. The number of hydrogen-bond acceptors (Lipinski definition) is 2. The van der Waals surface area contributed by atoms with Gasteiger partial charge in [-0.25, -0.2) is 0 Å². The highest BCUT2D eigenvalue weighted by Gasteiger charge is 2.12. The van der Waals surface area contributed by atoms with Crippen molar-refractivity contribution in [2.45, 2.75) is 20.3 Å². The van der Waals surface area contributed by atoms with E-state index in [0.717, 1.165) is 37.1 Å². The fraction of sp³-hybridized carbons (Fsp3) is 0.259. The monoisotopic (exact) mass is 462 g/mol. The molecule has 3 heteroatoms. The topological polar surface area (TPSA) is 15.3 Å². The highest BCUT2D eigenvalue weighted by molar-refractivity contribution is 9.15. The maximum absolute atomic E-state index is 3.88. The average molecular weight is 463 g/mol. The smallest absolute Gasteiger partial charge is 0.0340 e. The van der Waals surface area contributed by atoms with E-state index in [4.69, 9.17) is 0 Å². The standard InChI is InChI=1S/C27H31BrN2/c1-3-30(4-2)21-11-20-29-25-18-16-23(17-19-25)26(22-12-7-5-8-13-22)27(28)24-14-9-6-10-15-24/h5-10,12-19,29H,3-4,11,20-21H2,1-2H3/b27-26-. The summed E-state index contributed by atoms with van der Waals surface area (Å²) in [6.45, 7) is 8.82. The molecule has 0 bridgehead atoms. The maximum Gasteiger partial charge on any atom is 0.0340 e. The molecule has 2 nitrogen and oxygen atoms in total. The van der Waals surface area contributed by atoms with E-state index in [1.165, 1.54) is 28.0 Å². The van der Waals surface area contributed by atoms with Gasteiger partial charge < -0.3 is 10.2 Å². The number of hydrogen-bond donors (Lipinski definition) is 1. The molecular formula is C27H31BrN2. The minimum absolute atomic E-state index is 0.991. The van der Waals surface area contributed by atoms with Gasteiger partial charge in [0.1, 0.15) is 0 Å². The first-order valence-electron chi connectivity index (χ1n) is 10.8. The molecule has 0 radical (unpaired) electrons. The summed E-state index contributed by atoms with van der Waals surface area (Å²) in [6, 6.07) is 29.8. The van der Waals surface area contributed by atoms with Crippen molar-refractivity contribution in [1.82, 2.24) is 4.90 Å². The second kappa shape index (κ2) is 11.7. The number of rotatable bonds is 10. The van der Waals surface area contributed by atoms with Crippen LogP contribution in [0.1, 0.15) is 37.0 Å². The average Bonchev–Trinajstić information content (AvgIpc) is 2.81. The molecule has 0 atom stereocenters. The third kappa shape index (κ3) is 6.07. The molecular weight excluding hydrogens is 432 g/mol. The predicted octanol–water partition coefficient (Wildman–Crippen LogP) is 7.14. The minimum atomic E-state index is 0.991. The molecule has 3 aromatic rings. The molecule has 0 saturated heterocycles. The molecule has 30 heavy (non-hydrogen) atoms. The number of nitrogens with one attached hydrogen (secondary N) is 1. The summed E-state index contributed by atoms with van der Waals surface area (Å²) in [6.07, 6.45) is 1.15. The van der Waals surface area contributed by atoms with E-state index >= 15 is 0 Å². The van der Waals surface area contributed by atoms with Crippen molar-refractivity contribution in [3.05, 3.63) is 102 Å². The molecule has 156 valence electrons. The van der Waals surface area contributed by atoms with Crippen molar-refractivity contribution in [3.8, 4) is 0 Å². The Morgan fingerprint density at radius 3 is 1.83 bits per heavy atom. The van der Waals surface area contributed by atoms with E-state index < -0.39 is 0 Å². The van der Waals surface area contributed by atoms with Crippen LogP contribution in [0.15, 0.2) is 84.9 Å². The molecule has 0 unspecified atom stereocenters. The third-order valence-corrected chi connectivity index (χ3v) is 6.21. The Labute approximate surface area is 189 Å². The molecule has 0 saturated carbocycles. The lowest BCUT2D eigenvalue weighted by Gasteiger charge is -2.18. The first kappa shape index (κ1) is 22.3. The Morgan fingerprint density at radius 2 is 1.27 bits per heavy atom. The van der Waals surface area contributed by atoms with Gasteiger partial charge >= 0.3 is 0 Å². The molecule has 3 rings (SSSR count). The molecule has 1 N–H and O–H groups in total. The molecule has 0 aliphatic rings. The number of benzene rings is 3. The van der Waals surface area contributed by atoms with Crippen LogP contribution in [0.4, 0.5) is 5.69 Å². The third-order valence-electron chi connectivity index (χ3n) is 5.36. The Hall–Kier alpha value is -2.36. The van der Waals surface area contributed by atoms with Crippen molar-refractivity contribution in [2.75, 3.05) is 31.5 Å². The largest absolute Gasteiger partial charge is 0.385 e. The molecule has 0 heterocycles. The SMILES string of the molecule is CCN(CC)CCCNc1ccc(/C(=C(\Br)c2ccccc2)c2ccccc2)cc1. The highest BCUT2D eigenvalue weighted by Crippen LogP contribution is 2.36. The van der Waals surface area contributed by atoms with Gasteiger partial charge in [0, 0.05) is 22.3 Å². The predicted molar refractivity (Wildman–Crippen MR) is 135 cm³/mol. The summed E-state index contributed by atoms with van der Waals surface area (Å²) in [5, 5.41) is 3.56. The van der Waals surface area contributed by atoms with Crippen molar-refractivity contribution in [3.63, 3.8) is 0 Å². The van der Waals surface area contributed by atoms with Gasteiger partial charge in [-0.05, 0) is 70.8 Å². The van der Waals surface area contributed by atoms with E-state index in [9.17, 15) is 0 Å². The Kier molecular flexibility index (Phi) is 8.73. The number of halogens is 1. The first-order chi connectivity index (χ1) is 14.7. The van der Waals surface area contributed by atoms with Crippen LogP contribution in [-0.2, 0) is 0 Å². The molecule has 0 fully saturated rings. The molecule has 0 amide bonds. The summed E-state index contributed by atoms with van der Waals surface area (Å²) in [5.74, 6) is 0. The van der Waals surface area contributed by atoms with Gasteiger partial charge in [0.25, 0.3) is 0 Å². The van der Waals surface area contributed by atoms with Crippen LogP contribution in [0.25, 0.3) is 10.1 Å². The van der Waals surface area contributed by atoms with Gasteiger partial charge in [0.05, 0.1) is 0 Å². The quantitative estimate of drug-likeness (QED) is 0.254. The van der Waals surface area contributed by atoms with Gasteiger partial charge in [-0.15, -0.1) is 0 Å². The zero-order valence-corrected chi connectivity index (χ0v) is 19.5. The number of anilines is 1. The van der Waals surface area contributed by atoms with E-state index in [1.807, 2.05) is 6.07 Å². The fourth-order valence-corrected chi connectivity index (χ4v) is 4.31. The van der Waals surface area contributed by atoms with E-state index in [0.29, 0.717) is 0 Å². The fourth-order valence-electron chi connectivity index (χ4n) is 3.58. The van der Waals surface area contributed by atoms with Crippen molar-refractivity contribution >= 4 is 31.7 Å². The van der Waals surface area contributed by atoms with Gasteiger partial charge in [-0.3, -0.25) is 0 Å². The van der Waals surface area contributed by atoms with E-state index in [-0.39, 0.29) is 0 Å². The Morgan fingerprint density at radius 1 is 0.733 bits per heavy atom. The molecule has 0 aliphatic carbocycles. The Balaban J connectivity index is 1.79. The van der Waals surface area contributed by atoms with E-state index in [1.54, 1.807) is 0 Å². The van der Waals surface area contributed by atoms with Crippen LogP contribution in [-0.4, -0.2) is 31.1 Å². The first-order valence-corrected chi connectivity index (χ1v) is 11.6. The van der Waals surface area contributed by atoms with Gasteiger partial charge in [-0.1, -0.05) is 86.6 Å². The Bertz CT molecular complexity index is 914. The zero-order chi connectivity index (χ0) is 21.2. The van der Waals surface area contributed by atoms with Crippen LogP contribution >= 0.6 is 15.9 Å². The second-order valence-corrected chi connectivity index (χ2v) is 8.10. The van der Waals surface area contributed by atoms with Crippen LogP contribution in [0, 0.1) is 0 Å². The van der Waals surface area contributed by atoms with Crippen LogP contribution < -0.4 is 5.32 Å². The van der Waals surface area contributed by atoms with Crippen LogP contribution in [0.2, 0.25) is 0 Å². The zero-order valence-electron chi connectivity index (χ0n) is 17.9. The number of nitrogens with zero attached hydrogens (tertiary/aromatic N) is 1. The lowest BCUT2D eigenvalue weighted by molar-refractivity contribution is 0.303. The van der Waals surface area contributed by atoms with Crippen molar-refractivity contribution < 1.29 is 0 Å². The molecule has 0 aromatic heterocycles. The summed E-state index contributed by atoms with van der Waals surface area (Å²) in [7, 11) is 0. The summed E-state index contributed by atoms with van der Waals surface area (Å²) < 4.78 is 1.11.